The molecule has 2 saturated heterocycles. The van der Waals surface area contributed by atoms with Crippen molar-refractivity contribution < 1.29 is 168 Å². The molecule has 0 bridgehead atoms. The number of benzene rings is 3. The number of methoxy groups -OCH3 is 1. The Morgan fingerprint density at radius 2 is 0.617 bits per heavy atom. The minimum absolute atomic E-state index is 0. The number of nitrogens with zero attached hydrogens (tertiary/aromatic N) is 8. The molecule has 94 heavy (non-hydrogen) atoms. The zero-order valence-electron chi connectivity index (χ0n) is 53.1. The molecule has 2 heterocycles. The van der Waals surface area contributed by atoms with Crippen molar-refractivity contribution in [2.24, 2.45) is 11.5 Å². The Bertz CT molecular complexity index is 2750. The van der Waals surface area contributed by atoms with E-state index in [1.54, 1.807) is 29.4 Å². The van der Waals surface area contributed by atoms with E-state index in [1.165, 1.54) is 7.11 Å². The van der Waals surface area contributed by atoms with Gasteiger partial charge in [-0.15, -0.1) is 0 Å². The molecule has 2 amide bonds. The van der Waals surface area contributed by atoms with Gasteiger partial charge in [0.15, 0.2) is 11.6 Å². The Kier molecular flexibility index (Phi) is 43.2. The molecule has 3 aromatic rings. The largest absolute Gasteiger partial charge is 0.480 e. The van der Waals surface area contributed by atoms with Gasteiger partial charge in [0.25, 0.3) is 0 Å². The third-order valence-corrected chi connectivity index (χ3v) is 15.2. The summed E-state index contributed by atoms with van der Waals surface area (Å²) >= 11 is 0. The van der Waals surface area contributed by atoms with E-state index in [1.807, 2.05) is 88.7 Å². The number of ketones is 2. The topological polar surface area (TPSA) is 413 Å². The first kappa shape index (κ1) is 85.0. The Morgan fingerprint density at radius 3 is 0.872 bits per heavy atom. The van der Waals surface area contributed by atoms with E-state index < -0.39 is 47.9 Å². The van der Waals surface area contributed by atoms with Gasteiger partial charge >= 0.3 is 35.8 Å². The number of Topliss-reactive ketones (excluding diaryl/α,β-unsaturated/α-hetero) is 2. The fourth-order valence-electron chi connectivity index (χ4n) is 10.0. The van der Waals surface area contributed by atoms with Crippen molar-refractivity contribution in [1.29, 1.82) is 0 Å². The molecule has 0 aliphatic carbocycles. The van der Waals surface area contributed by atoms with E-state index in [4.69, 9.17) is 20.9 Å². The minimum atomic E-state index is -1.02. The first-order valence-electron chi connectivity index (χ1n) is 30.4. The number of hydrogen-bond donors (Lipinski definition) is 10. The number of nitrogens with two attached hydrogens (primary N) is 2. The van der Waals surface area contributed by atoms with Crippen LogP contribution >= 0.6 is 0 Å². The van der Waals surface area contributed by atoms with Gasteiger partial charge in [-0.25, -0.2) is 0 Å². The summed E-state index contributed by atoms with van der Waals surface area (Å²) in [5.74, 6) is -6.95. The summed E-state index contributed by atoms with van der Waals surface area (Å²) in [6, 6.07) is 23.0. The van der Waals surface area contributed by atoms with Crippen molar-refractivity contribution in [3.05, 3.63) is 107 Å². The summed E-state index contributed by atoms with van der Waals surface area (Å²) in [5, 5.41) is 61.9. The average Bonchev–Trinajstić information content (AvgIpc) is 1.85. The number of carboxylic acid groups (broad SMARTS) is 6. The Morgan fingerprint density at radius 1 is 0.372 bits per heavy atom. The van der Waals surface area contributed by atoms with Gasteiger partial charge in [-0.05, 0) is 40.7 Å². The van der Waals surface area contributed by atoms with Gasteiger partial charge in [-0.3, -0.25) is 87.1 Å². The van der Waals surface area contributed by atoms with Crippen LogP contribution in [0.2, 0.25) is 0 Å². The van der Waals surface area contributed by atoms with Gasteiger partial charge in [0.2, 0.25) is 11.8 Å². The molecule has 12 N–H and O–H groups in total. The number of aliphatic carboxylic acids is 6. The molecule has 2 atom stereocenters. The molecule has 2 aliphatic rings. The molecule has 0 radical (unpaired) electrons. The van der Waals surface area contributed by atoms with Crippen LogP contribution < -0.4 is 22.1 Å². The van der Waals surface area contributed by atoms with Crippen LogP contribution in [0, 0.1) is 79.9 Å². The van der Waals surface area contributed by atoms with Crippen LogP contribution in [0.5, 0.6) is 0 Å². The molecular weight excluding hydrogens is 1520 g/mol. The second-order valence-corrected chi connectivity index (χ2v) is 22.7. The number of ether oxygens (including phenoxy) is 2. The summed E-state index contributed by atoms with van der Waals surface area (Å²) in [7, 11) is 1.44. The molecule has 2 fully saturated rings. The fraction of sp³-hybridized carbons (Fsp3) is 0.548. The van der Waals surface area contributed by atoms with Gasteiger partial charge in [0.05, 0.1) is 71.0 Å². The van der Waals surface area contributed by atoms with Crippen molar-refractivity contribution in [2.45, 2.75) is 44.6 Å². The standard InChI is InChI=1S/C34H48N6O9.C28H44N6O9.2Gd/c35-29(30(41)25-49-24-28-4-2-1-3-5-28)18-26-6-8-27(9-7-26)19-36-31(42)20-37-10-12-38(21-32(43)44)14-16-40(23-34(47)48)17-15-39(13-11-37)22-33(45)46;1-43-20-24(35)23(29)14-21-2-4-22(5-3-21)15-30-25(36)16-31-6-8-32(17-26(37)38)10-12-34(19-28(41)42)13-11-33(9-7-31)18-27(39)40;;/h1-9,29H,10-25,35H2,(H,36,42)(H,43,44)(H,45,46)(H,47,48);2-5,23H,6-20,29H2,1H3,(H,30,36)(H,37,38)(H,39,40)(H,41,42);;/t29-;23-;;/m11../s1. The van der Waals surface area contributed by atoms with Gasteiger partial charge in [0.1, 0.15) is 13.2 Å². The third-order valence-electron chi connectivity index (χ3n) is 15.2. The molecule has 30 nitrogen and oxygen atoms in total. The van der Waals surface area contributed by atoms with Crippen LogP contribution in [0.1, 0.15) is 27.8 Å². The average molecular weight is 1610 g/mol. The zero-order valence-corrected chi connectivity index (χ0v) is 57.6. The predicted molar refractivity (Wildman–Crippen MR) is 335 cm³/mol. The van der Waals surface area contributed by atoms with E-state index in [2.05, 4.69) is 10.6 Å². The Labute approximate surface area is 611 Å². The van der Waals surface area contributed by atoms with Gasteiger partial charge in [0, 0.05) is 205 Å². The fourth-order valence-corrected chi connectivity index (χ4v) is 10.0. The molecule has 0 aromatic heterocycles. The quantitative estimate of drug-likeness (QED) is 0.0304. The smallest absolute Gasteiger partial charge is 0.317 e. The van der Waals surface area contributed by atoms with Crippen molar-refractivity contribution in [2.75, 3.05) is 177 Å². The number of carbonyl (C=O) groups is 10. The van der Waals surface area contributed by atoms with E-state index >= 15 is 0 Å². The normalized spacial score (nSPS) is 16.6. The summed E-state index contributed by atoms with van der Waals surface area (Å²) in [6.45, 7) is 4.55. The number of nitrogens with one attached hydrogen (secondary N) is 2. The van der Waals surface area contributed by atoms with E-state index in [-0.39, 0.29) is 182 Å². The number of carboxylic acids is 6. The van der Waals surface area contributed by atoms with E-state index in [0.29, 0.717) is 124 Å². The summed E-state index contributed by atoms with van der Waals surface area (Å²) in [6.07, 6.45) is 0.726. The zero-order chi connectivity index (χ0) is 67.4. The van der Waals surface area contributed by atoms with Crippen LogP contribution in [0.4, 0.5) is 0 Å². The number of carbonyl (C=O) groups excluding carboxylic acids is 4. The minimum Gasteiger partial charge on any atom is -0.480 e. The van der Waals surface area contributed by atoms with Gasteiger partial charge < -0.3 is 62.2 Å². The molecule has 524 valence electrons. The third kappa shape index (κ3) is 38.0. The molecule has 2 aliphatic heterocycles. The van der Waals surface area contributed by atoms with Crippen LogP contribution in [0.3, 0.4) is 0 Å². The molecular formula is C62H92Gd2N12O18. The van der Waals surface area contributed by atoms with Crippen molar-refractivity contribution in [3.63, 3.8) is 0 Å². The first-order valence-corrected chi connectivity index (χ1v) is 30.4. The second kappa shape index (κ2) is 47.8. The maximum atomic E-state index is 13.0. The van der Waals surface area contributed by atoms with Crippen molar-refractivity contribution in [1.82, 2.24) is 49.8 Å². The van der Waals surface area contributed by atoms with Gasteiger partial charge in [-0.2, -0.15) is 0 Å². The Hall–Kier alpha value is -5.07. The maximum Gasteiger partial charge on any atom is 0.317 e. The SMILES string of the molecule is COCC(=O)[C@H](N)Cc1ccc(CNC(=O)CN2CCN(CC(=O)O)CCN(CC(=O)O)CCN(CC(=O)O)CC2)cc1.N[C@H](Cc1ccc(CNC(=O)CN2CCN(CC(=O)O)CCN(CC(=O)O)CCN(CC(=O)O)CC2)cc1)C(=O)COCc1ccccc1.[Gd].[Gd]. The summed E-state index contributed by atoms with van der Waals surface area (Å²) < 4.78 is 10.4. The molecule has 32 heteroatoms. The van der Waals surface area contributed by atoms with Crippen LogP contribution in [0.15, 0.2) is 78.9 Å². The van der Waals surface area contributed by atoms with Crippen LogP contribution in [-0.2, 0) is 90.0 Å². The predicted octanol–water partition coefficient (Wildman–Crippen LogP) is -2.70. The maximum absolute atomic E-state index is 13.0. The molecule has 0 unspecified atom stereocenters. The van der Waals surface area contributed by atoms with Crippen molar-refractivity contribution >= 4 is 59.2 Å². The first-order chi connectivity index (χ1) is 43.9. The summed E-state index contributed by atoms with van der Waals surface area (Å²) in [5.41, 5.74) is 16.5. The number of rotatable bonds is 32. The number of amides is 2. The second-order valence-electron chi connectivity index (χ2n) is 22.7. The van der Waals surface area contributed by atoms with Crippen LogP contribution in [-0.4, -0.2) is 319 Å². The monoisotopic (exact) mass is 1610 g/mol. The van der Waals surface area contributed by atoms with E-state index in [9.17, 15) is 78.6 Å². The number of hydrogen-bond acceptors (Lipinski definition) is 22. The Balaban J connectivity index is 0.000000632. The molecule has 0 spiro atoms. The van der Waals surface area contributed by atoms with Crippen molar-refractivity contribution in [3.8, 4) is 0 Å². The molecule has 3 aromatic carbocycles. The summed E-state index contributed by atoms with van der Waals surface area (Å²) in [4.78, 5) is 133. The molecule has 0 saturated carbocycles. The van der Waals surface area contributed by atoms with E-state index in [0.717, 1.165) is 27.8 Å². The molecule has 5 rings (SSSR count). The van der Waals surface area contributed by atoms with Gasteiger partial charge in [-0.1, -0.05) is 78.9 Å². The van der Waals surface area contributed by atoms with Crippen LogP contribution in [0.25, 0.3) is 0 Å².